The summed E-state index contributed by atoms with van der Waals surface area (Å²) in [6, 6.07) is 1.84. The van der Waals surface area contributed by atoms with Crippen LogP contribution in [0.5, 0.6) is 0 Å². The highest BCUT2D eigenvalue weighted by Crippen LogP contribution is 2.12. The van der Waals surface area contributed by atoms with Crippen molar-refractivity contribution < 1.29 is 0 Å². The molecule has 0 amide bonds. The highest BCUT2D eigenvalue weighted by Gasteiger charge is 2.13. The molecule has 0 saturated heterocycles. The molecule has 0 fully saturated rings. The van der Waals surface area contributed by atoms with Gasteiger partial charge >= 0.3 is 0 Å². The van der Waals surface area contributed by atoms with E-state index >= 15 is 0 Å². The Labute approximate surface area is 100 Å². The molecule has 5 heteroatoms. The lowest BCUT2D eigenvalue weighted by Crippen LogP contribution is -2.22. The molecule has 2 aromatic rings. The van der Waals surface area contributed by atoms with Crippen molar-refractivity contribution in [2.75, 3.05) is 0 Å². The van der Waals surface area contributed by atoms with Gasteiger partial charge in [0.15, 0.2) is 0 Å². The SMILES string of the molecule is CC(C)(C)n1cc(/C=C/c2ccncn2)nn1. The van der Waals surface area contributed by atoms with Gasteiger partial charge in [0.1, 0.15) is 12.0 Å². The van der Waals surface area contributed by atoms with Crippen molar-refractivity contribution in [3.63, 3.8) is 0 Å². The topological polar surface area (TPSA) is 56.5 Å². The van der Waals surface area contributed by atoms with Gasteiger partial charge in [0.25, 0.3) is 0 Å². The van der Waals surface area contributed by atoms with Crippen molar-refractivity contribution in [1.29, 1.82) is 0 Å². The first-order valence-electron chi connectivity index (χ1n) is 5.42. The highest BCUT2D eigenvalue weighted by atomic mass is 15.4. The van der Waals surface area contributed by atoms with Crippen LogP contribution in [0.2, 0.25) is 0 Å². The van der Waals surface area contributed by atoms with E-state index in [4.69, 9.17) is 0 Å². The van der Waals surface area contributed by atoms with Crippen LogP contribution in [-0.2, 0) is 5.54 Å². The van der Waals surface area contributed by atoms with E-state index in [2.05, 4.69) is 41.1 Å². The zero-order valence-electron chi connectivity index (χ0n) is 10.2. The smallest absolute Gasteiger partial charge is 0.115 e. The van der Waals surface area contributed by atoms with Crippen LogP contribution in [0.1, 0.15) is 32.2 Å². The molecule has 17 heavy (non-hydrogen) atoms. The first-order chi connectivity index (χ1) is 8.05. The van der Waals surface area contributed by atoms with E-state index in [1.807, 2.05) is 29.1 Å². The number of hydrogen-bond donors (Lipinski definition) is 0. The number of nitrogens with zero attached hydrogens (tertiary/aromatic N) is 5. The first kappa shape index (κ1) is 11.4. The van der Waals surface area contributed by atoms with Gasteiger partial charge in [0, 0.05) is 6.20 Å². The Balaban J connectivity index is 2.15. The summed E-state index contributed by atoms with van der Waals surface area (Å²) >= 11 is 0. The monoisotopic (exact) mass is 229 g/mol. The summed E-state index contributed by atoms with van der Waals surface area (Å²) in [7, 11) is 0. The van der Waals surface area contributed by atoms with Gasteiger partial charge in [0.2, 0.25) is 0 Å². The molecule has 88 valence electrons. The van der Waals surface area contributed by atoms with Crippen molar-refractivity contribution >= 4 is 12.2 Å². The molecule has 0 N–H and O–H groups in total. The fourth-order valence-corrected chi connectivity index (χ4v) is 1.25. The highest BCUT2D eigenvalue weighted by molar-refractivity contribution is 5.65. The van der Waals surface area contributed by atoms with E-state index in [1.165, 1.54) is 6.33 Å². The van der Waals surface area contributed by atoms with Crippen LogP contribution in [0.3, 0.4) is 0 Å². The summed E-state index contributed by atoms with van der Waals surface area (Å²) < 4.78 is 1.84. The minimum absolute atomic E-state index is 0.0476. The zero-order chi connectivity index (χ0) is 12.3. The van der Waals surface area contributed by atoms with E-state index in [0.717, 1.165) is 11.4 Å². The Morgan fingerprint density at radius 3 is 2.53 bits per heavy atom. The van der Waals surface area contributed by atoms with Gasteiger partial charge in [-0.3, -0.25) is 0 Å². The first-order valence-corrected chi connectivity index (χ1v) is 5.42. The quantitative estimate of drug-likeness (QED) is 0.790. The third kappa shape index (κ3) is 2.96. The molecule has 5 nitrogen and oxygen atoms in total. The molecule has 0 saturated carbocycles. The lowest BCUT2D eigenvalue weighted by molar-refractivity contribution is 0.347. The predicted octanol–water partition coefficient (Wildman–Crippen LogP) is 1.99. The van der Waals surface area contributed by atoms with Gasteiger partial charge in [0.05, 0.1) is 17.4 Å². The Kier molecular flexibility index (Phi) is 2.99. The normalized spacial score (nSPS) is 12.2. The molecule has 0 atom stereocenters. The van der Waals surface area contributed by atoms with Gasteiger partial charge in [-0.15, -0.1) is 5.10 Å². The minimum Gasteiger partial charge on any atom is -0.247 e. The summed E-state index contributed by atoms with van der Waals surface area (Å²) in [6.07, 6.45) is 8.91. The van der Waals surface area contributed by atoms with E-state index in [-0.39, 0.29) is 5.54 Å². The van der Waals surface area contributed by atoms with Gasteiger partial charge < -0.3 is 0 Å². The largest absolute Gasteiger partial charge is 0.247 e. The van der Waals surface area contributed by atoms with E-state index in [9.17, 15) is 0 Å². The molecular weight excluding hydrogens is 214 g/mol. The van der Waals surface area contributed by atoms with Gasteiger partial charge in [-0.25, -0.2) is 14.6 Å². The van der Waals surface area contributed by atoms with E-state index < -0.39 is 0 Å². The molecule has 0 unspecified atom stereocenters. The molecule has 0 radical (unpaired) electrons. The second-order valence-corrected chi connectivity index (χ2v) is 4.73. The van der Waals surface area contributed by atoms with Crippen molar-refractivity contribution in [3.05, 3.63) is 36.2 Å². The molecular formula is C12H15N5. The molecule has 0 aliphatic rings. The Bertz CT molecular complexity index is 507. The van der Waals surface area contributed by atoms with Gasteiger partial charge in [-0.1, -0.05) is 5.21 Å². The van der Waals surface area contributed by atoms with Gasteiger partial charge in [-0.05, 0) is 39.0 Å². The number of aromatic nitrogens is 5. The maximum atomic E-state index is 4.10. The van der Waals surface area contributed by atoms with Crippen LogP contribution in [0, 0.1) is 0 Å². The maximum absolute atomic E-state index is 4.10. The predicted molar refractivity (Wildman–Crippen MR) is 66.0 cm³/mol. The average Bonchev–Trinajstić information content (AvgIpc) is 2.76. The lowest BCUT2D eigenvalue weighted by atomic mass is 10.1. The maximum Gasteiger partial charge on any atom is 0.115 e. The minimum atomic E-state index is -0.0476. The van der Waals surface area contributed by atoms with Crippen LogP contribution in [0.4, 0.5) is 0 Å². The summed E-state index contributed by atoms with van der Waals surface area (Å²) in [6.45, 7) is 6.25. The number of hydrogen-bond acceptors (Lipinski definition) is 4. The zero-order valence-corrected chi connectivity index (χ0v) is 10.2. The second-order valence-electron chi connectivity index (χ2n) is 4.73. The Morgan fingerprint density at radius 1 is 1.18 bits per heavy atom. The van der Waals surface area contributed by atoms with Crippen LogP contribution in [-0.4, -0.2) is 25.0 Å². The standard InChI is InChI=1S/C12H15N5/c1-12(2,3)17-8-11(15-16-17)5-4-10-6-7-13-9-14-10/h4-9H,1-3H3/b5-4+. The molecule has 0 aliphatic heterocycles. The second kappa shape index (κ2) is 4.45. The van der Waals surface area contributed by atoms with Gasteiger partial charge in [-0.2, -0.15) is 0 Å². The van der Waals surface area contributed by atoms with Crippen molar-refractivity contribution in [2.24, 2.45) is 0 Å². The molecule has 2 rings (SSSR count). The van der Waals surface area contributed by atoms with Crippen molar-refractivity contribution in [3.8, 4) is 0 Å². The summed E-state index contributed by atoms with van der Waals surface area (Å²) in [5, 5.41) is 8.16. The third-order valence-corrected chi connectivity index (χ3v) is 2.23. The lowest BCUT2D eigenvalue weighted by Gasteiger charge is -2.17. The Hall–Kier alpha value is -2.04. The Morgan fingerprint density at radius 2 is 1.94 bits per heavy atom. The molecule has 2 aromatic heterocycles. The summed E-state index contributed by atoms with van der Waals surface area (Å²) in [5.74, 6) is 0. The average molecular weight is 229 g/mol. The molecule has 0 aromatic carbocycles. The fraction of sp³-hybridized carbons (Fsp3) is 0.333. The molecule has 0 spiro atoms. The molecule has 2 heterocycles. The molecule has 0 aliphatic carbocycles. The van der Waals surface area contributed by atoms with Crippen molar-refractivity contribution in [1.82, 2.24) is 25.0 Å². The molecule has 0 bridgehead atoms. The summed E-state index contributed by atoms with van der Waals surface area (Å²) in [5.41, 5.74) is 1.62. The van der Waals surface area contributed by atoms with Crippen LogP contribution < -0.4 is 0 Å². The fourth-order valence-electron chi connectivity index (χ4n) is 1.25. The van der Waals surface area contributed by atoms with E-state index in [0.29, 0.717) is 0 Å². The third-order valence-electron chi connectivity index (χ3n) is 2.23. The number of rotatable bonds is 2. The van der Waals surface area contributed by atoms with Crippen LogP contribution >= 0.6 is 0 Å². The summed E-state index contributed by atoms with van der Waals surface area (Å²) in [4.78, 5) is 7.96. The van der Waals surface area contributed by atoms with Crippen molar-refractivity contribution in [2.45, 2.75) is 26.3 Å². The van der Waals surface area contributed by atoms with E-state index in [1.54, 1.807) is 6.20 Å². The van der Waals surface area contributed by atoms with Crippen LogP contribution in [0.25, 0.3) is 12.2 Å². The van der Waals surface area contributed by atoms with Crippen LogP contribution in [0.15, 0.2) is 24.8 Å².